The third-order valence-electron chi connectivity index (χ3n) is 3.51. The first kappa shape index (κ1) is 14.9. The van der Waals surface area contributed by atoms with Crippen LogP contribution in [-0.2, 0) is 0 Å². The van der Waals surface area contributed by atoms with Crippen LogP contribution in [0.2, 0.25) is 0 Å². The van der Waals surface area contributed by atoms with Crippen molar-refractivity contribution in [1.29, 1.82) is 0 Å². The molecule has 5 nitrogen and oxygen atoms in total. The average molecular weight is 312 g/mol. The number of hydrogen-bond donors (Lipinski definition) is 1. The molecule has 0 bridgehead atoms. The van der Waals surface area contributed by atoms with Crippen molar-refractivity contribution in [3.63, 3.8) is 0 Å². The van der Waals surface area contributed by atoms with E-state index in [0.717, 1.165) is 11.1 Å². The molecule has 1 N–H and O–H groups in total. The minimum absolute atomic E-state index is 0.0534. The smallest absolute Gasteiger partial charge is 0.335 e. The van der Waals surface area contributed by atoms with Crippen LogP contribution in [0.4, 0.5) is 4.39 Å². The largest absolute Gasteiger partial charge is 0.478 e. The molecule has 6 heteroatoms. The summed E-state index contributed by atoms with van der Waals surface area (Å²) in [6.45, 7) is 3.59. The second kappa shape index (κ2) is 5.64. The molecule has 0 saturated carbocycles. The summed E-state index contributed by atoms with van der Waals surface area (Å²) < 4.78 is 19.1. The molecule has 0 saturated heterocycles. The van der Waals surface area contributed by atoms with Crippen LogP contribution >= 0.6 is 0 Å². The number of carboxylic acid groups (broad SMARTS) is 1. The first-order valence-corrected chi connectivity index (χ1v) is 6.90. The van der Waals surface area contributed by atoms with Crippen LogP contribution in [0, 0.1) is 19.7 Å². The predicted molar refractivity (Wildman–Crippen MR) is 81.6 cm³/mol. The predicted octanol–water partition coefficient (Wildman–Crippen LogP) is 3.86. The number of halogens is 1. The summed E-state index contributed by atoms with van der Waals surface area (Å²) in [7, 11) is 0. The van der Waals surface area contributed by atoms with Gasteiger partial charge in [0.15, 0.2) is 0 Å². The van der Waals surface area contributed by atoms with Crippen LogP contribution in [0.5, 0.6) is 0 Å². The topological polar surface area (TPSA) is 76.2 Å². The molecule has 0 aliphatic carbocycles. The van der Waals surface area contributed by atoms with E-state index in [0.29, 0.717) is 5.56 Å². The molecule has 0 unspecified atom stereocenters. The Labute approximate surface area is 131 Å². The standard InChI is InChI=1S/C17H13FN2O3/c1-9-3-6-12(14(18)7-9)16-19-15(20-23-16)13-8-11(17(21)22)5-4-10(13)2/h3-8H,1-2H3,(H,21,22). The van der Waals surface area contributed by atoms with Crippen LogP contribution in [0.3, 0.4) is 0 Å². The van der Waals surface area contributed by atoms with E-state index in [1.165, 1.54) is 18.2 Å². The van der Waals surface area contributed by atoms with Gasteiger partial charge in [-0.15, -0.1) is 0 Å². The number of aryl methyl sites for hydroxylation is 2. The van der Waals surface area contributed by atoms with Gasteiger partial charge in [-0.05, 0) is 49.2 Å². The molecule has 1 aromatic heterocycles. The lowest BCUT2D eigenvalue weighted by molar-refractivity contribution is 0.0697. The molecule has 0 aliphatic rings. The van der Waals surface area contributed by atoms with Gasteiger partial charge in [0.25, 0.3) is 5.89 Å². The Kier molecular flexibility index (Phi) is 3.65. The normalized spacial score (nSPS) is 10.7. The Morgan fingerprint density at radius 1 is 1.13 bits per heavy atom. The second-order valence-electron chi connectivity index (χ2n) is 5.24. The maximum atomic E-state index is 14.0. The molecule has 116 valence electrons. The average Bonchev–Trinajstić information content (AvgIpc) is 2.96. The van der Waals surface area contributed by atoms with E-state index >= 15 is 0 Å². The molecule has 0 spiro atoms. The van der Waals surface area contributed by atoms with Gasteiger partial charge in [-0.25, -0.2) is 9.18 Å². The molecule has 23 heavy (non-hydrogen) atoms. The molecule has 0 fully saturated rings. The monoisotopic (exact) mass is 312 g/mol. The van der Waals surface area contributed by atoms with Gasteiger partial charge in [-0.1, -0.05) is 17.3 Å². The first-order valence-electron chi connectivity index (χ1n) is 6.90. The second-order valence-corrected chi connectivity index (χ2v) is 5.24. The number of hydrogen-bond acceptors (Lipinski definition) is 4. The highest BCUT2D eigenvalue weighted by atomic mass is 19.1. The van der Waals surface area contributed by atoms with E-state index in [9.17, 15) is 9.18 Å². The Hall–Kier alpha value is -3.02. The van der Waals surface area contributed by atoms with E-state index < -0.39 is 11.8 Å². The van der Waals surface area contributed by atoms with E-state index in [1.54, 1.807) is 25.1 Å². The van der Waals surface area contributed by atoms with Crippen LogP contribution in [0.1, 0.15) is 21.5 Å². The Morgan fingerprint density at radius 2 is 1.91 bits per heavy atom. The van der Waals surface area contributed by atoms with Crippen LogP contribution in [0.15, 0.2) is 40.9 Å². The highest BCUT2D eigenvalue weighted by molar-refractivity contribution is 5.89. The summed E-state index contributed by atoms with van der Waals surface area (Å²) in [6.07, 6.45) is 0. The summed E-state index contributed by atoms with van der Waals surface area (Å²) >= 11 is 0. The van der Waals surface area contributed by atoms with Crippen LogP contribution in [0.25, 0.3) is 22.8 Å². The number of benzene rings is 2. The number of aromatic nitrogens is 2. The van der Waals surface area contributed by atoms with Gasteiger partial charge in [0, 0.05) is 5.56 Å². The van der Waals surface area contributed by atoms with Gasteiger partial charge >= 0.3 is 5.97 Å². The number of rotatable bonds is 3. The molecular weight excluding hydrogens is 299 g/mol. The lowest BCUT2D eigenvalue weighted by atomic mass is 10.0. The molecule has 3 aromatic rings. The summed E-state index contributed by atoms with van der Waals surface area (Å²) in [5, 5.41) is 12.9. The Bertz CT molecular complexity index is 903. The first-order chi connectivity index (χ1) is 11.0. The highest BCUT2D eigenvalue weighted by Gasteiger charge is 2.17. The molecule has 2 aromatic carbocycles. The van der Waals surface area contributed by atoms with Crippen molar-refractivity contribution in [3.05, 3.63) is 58.9 Å². The maximum Gasteiger partial charge on any atom is 0.335 e. The summed E-state index contributed by atoms with van der Waals surface area (Å²) in [4.78, 5) is 15.3. The molecule has 0 atom stereocenters. The lowest BCUT2D eigenvalue weighted by Gasteiger charge is -2.02. The van der Waals surface area contributed by atoms with Crippen molar-refractivity contribution < 1.29 is 18.8 Å². The highest BCUT2D eigenvalue weighted by Crippen LogP contribution is 2.27. The van der Waals surface area contributed by atoms with Crippen molar-refractivity contribution in [2.24, 2.45) is 0 Å². The summed E-state index contributed by atoms with van der Waals surface area (Å²) in [5.74, 6) is -1.21. The minimum Gasteiger partial charge on any atom is -0.478 e. The van der Waals surface area contributed by atoms with E-state index in [-0.39, 0.29) is 22.8 Å². The van der Waals surface area contributed by atoms with E-state index in [2.05, 4.69) is 10.1 Å². The quantitative estimate of drug-likeness (QED) is 0.794. The Balaban J connectivity index is 2.05. The fourth-order valence-electron chi connectivity index (χ4n) is 2.23. The number of carboxylic acids is 1. The number of carbonyl (C=O) groups is 1. The molecule has 1 heterocycles. The molecule has 0 aliphatic heterocycles. The maximum absolute atomic E-state index is 14.0. The van der Waals surface area contributed by atoms with Crippen molar-refractivity contribution in [1.82, 2.24) is 10.1 Å². The van der Waals surface area contributed by atoms with Gasteiger partial charge in [-0.3, -0.25) is 0 Å². The third-order valence-corrected chi connectivity index (χ3v) is 3.51. The molecule has 0 radical (unpaired) electrons. The van der Waals surface area contributed by atoms with E-state index in [1.807, 2.05) is 6.92 Å². The van der Waals surface area contributed by atoms with Gasteiger partial charge < -0.3 is 9.63 Å². The molecule has 3 rings (SSSR count). The zero-order valence-corrected chi connectivity index (χ0v) is 12.5. The fourth-order valence-corrected chi connectivity index (χ4v) is 2.23. The van der Waals surface area contributed by atoms with E-state index in [4.69, 9.17) is 9.63 Å². The lowest BCUT2D eigenvalue weighted by Crippen LogP contribution is -1.97. The summed E-state index contributed by atoms with van der Waals surface area (Å²) in [5.41, 5.74) is 2.45. The Morgan fingerprint density at radius 3 is 2.61 bits per heavy atom. The van der Waals surface area contributed by atoms with Crippen molar-refractivity contribution in [2.45, 2.75) is 13.8 Å². The zero-order chi connectivity index (χ0) is 16.6. The van der Waals surface area contributed by atoms with Crippen molar-refractivity contribution >= 4 is 5.97 Å². The number of aromatic carboxylic acids is 1. The minimum atomic E-state index is -1.04. The zero-order valence-electron chi connectivity index (χ0n) is 12.5. The molecule has 0 amide bonds. The SMILES string of the molecule is Cc1ccc(-c2nc(-c3cc(C(=O)O)ccc3C)no2)c(F)c1. The van der Waals surface area contributed by atoms with Gasteiger partial charge in [0.05, 0.1) is 11.1 Å². The summed E-state index contributed by atoms with van der Waals surface area (Å²) in [6, 6.07) is 9.34. The van der Waals surface area contributed by atoms with Crippen LogP contribution < -0.4 is 0 Å². The van der Waals surface area contributed by atoms with Crippen molar-refractivity contribution in [2.75, 3.05) is 0 Å². The van der Waals surface area contributed by atoms with Crippen molar-refractivity contribution in [3.8, 4) is 22.8 Å². The van der Waals surface area contributed by atoms with Gasteiger partial charge in [-0.2, -0.15) is 4.98 Å². The van der Waals surface area contributed by atoms with Crippen LogP contribution in [-0.4, -0.2) is 21.2 Å². The van der Waals surface area contributed by atoms with Gasteiger partial charge in [0.1, 0.15) is 5.82 Å². The molecular formula is C17H13FN2O3. The van der Waals surface area contributed by atoms with Gasteiger partial charge in [0.2, 0.25) is 5.82 Å². The fraction of sp³-hybridized carbons (Fsp3) is 0.118. The third kappa shape index (κ3) is 2.83. The number of nitrogens with zero attached hydrogens (tertiary/aromatic N) is 2.